The molecule has 0 radical (unpaired) electrons. The van der Waals surface area contributed by atoms with Crippen molar-refractivity contribution in [3.8, 4) is 11.5 Å². The highest BCUT2D eigenvalue weighted by Gasteiger charge is 2.34. The quantitative estimate of drug-likeness (QED) is 0.449. The molecule has 30 heavy (non-hydrogen) atoms. The van der Waals surface area contributed by atoms with Crippen molar-refractivity contribution in [2.45, 2.75) is 12.8 Å². The number of hydrogen-bond donors (Lipinski definition) is 2. The third-order valence-corrected chi connectivity index (χ3v) is 5.21. The fourth-order valence-corrected chi connectivity index (χ4v) is 3.73. The Kier molecular flexibility index (Phi) is 4.80. The molecule has 0 bridgehead atoms. The van der Waals surface area contributed by atoms with Crippen LogP contribution in [-0.4, -0.2) is 16.0 Å². The third-order valence-electron chi connectivity index (χ3n) is 4.74. The number of benzene rings is 2. The maximum absolute atomic E-state index is 12.7. The van der Waals surface area contributed by atoms with Crippen molar-refractivity contribution in [3.63, 3.8) is 0 Å². The summed E-state index contributed by atoms with van der Waals surface area (Å²) in [5, 5.41) is 22.3. The number of carbonyl (C=O) groups excluding carboxylic acids is 1. The van der Waals surface area contributed by atoms with E-state index < -0.39 is 45.6 Å². The number of halogens is 2. The molecule has 2 heterocycles. The van der Waals surface area contributed by atoms with Crippen LogP contribution in [0.2, 0.25) is 10.0 Å². The van der Waals surface area contributed by atoms with Crippen LogP contribution in [0.3, 0.4) is 0 Å². The van der Waals surface area contributed by atoms with E-state index >= 15 is 0 Å². The Labute approximate surface area is 177 Å². The molecule has 0 saturated carbocycles. The normalized spacial score (nSPS) is 11.5. The number of Topliss-reactive ketones (excluding diaryl/α,β-unsaturated/α-hetero) is 1. The Morgan fingerprint density at radius 3 is 1.60 bits per heavy atom. The molecular formula is C21H12Cl2O7. The molecule has 2 aromatic carbocycles. The van der Waals surface area contributed by atoms with Gasteiger partial charge in [-0.15, -0.1) is 0 Å². The highest BCUT2D eigenvalue weighted by molar-refractivity contribution is 6.31. The topological polar surface area (TPSA) is 118 Å². The van der Waals surface area contributed by atoms with Crippen LogP contribution in [-0.2, 0) is 4.79 Å². The van der Waals surface area contributed by atoms with E-state index in [9.17, 15) is 24.6 Å². The summed E-state index contributed by atoms with van der Waals surface area (Å²) in [6.45, 7) is 1.11. The van der Waals surface area contributed by atoms with Gasteiger partial charge in [0, 0.05) is 22.2 Å². The second kappa shape index (κ2) is 7.19. The van der Waals surface area contributed by atoms with Gasteiger partial charge in [0.2, 0.25) is 0 Å². The summed E-state index contributed by atoms with van der Waals surface area (Å²) < 4.78 is 10.4. The SMILES string of the molecule is CC(=O)C(c1c(O)c2ccc(Cl)cc2oc1=O)c1c(O)c2ccc(Cl)cc2oc1=O. The summed E-state index contributed by atoms with van der Waals surface area (Å²) in [7, 11) is 0. The van der Waals surface area contributed by atoms with Crippen molar-refractivity contribution in [2.75, 3.05) is 0 Å². The molecule has 0 aliphatic heterocycles. The van der Waals surface area contributed by atoms with Crippen LogP contribution in [0.25, 0.3) is 21.9 Å². The van der Waals surface area contributed by atoms with Crippen molar-refractivity contribution in [3.05, 3.63) is 78.4 Å². The van der Waals surface area contributed by atoms with Crippen molar-refractivity contribution < 1.29 is 23.8 Å². The molecule has 9 heteroatoms. The first-order chi connectivity index (χ1) is 14.2. The number of ketones is 1. The summed E-state index contributed by atoms with van der Waals surface area (Å²) in [6.07, 6.45) is 0. The molecule has 0 aliphatic rings. The molecule has 152 valence electrons. The van der Waals surface area contributed by atoms with Gasteiger partial charge in [0.05, 0.1) is 27.8 Å². The third kappa shape index (κ3) is 3.12. The second-order valence-electron chi connectivity index (χ2n) is 6.63. The van der Waals surface area contributed by atoms with Crippen molar-refractivity contribution in [1.82, 2.24) is 0 Å². The Morgan fingerprint density at radius 2 is 1.23 bits per heavy atom. The molecule has 0 saturated heterocycles. The van der Waals surface area contributed by atoms with Crippen molar-refractivity contribution in [1.29, 1.82) is 0 Å². The molecule has 0 atom stereocenters. The van der Waals surface area contributed by atoms with E-state index in [2.05, 4.69) is 0 Å². The van der Waals surface area contributed by atoms with Crippen molar-refractivity contribution >= 4 is 50.9 Å². The molecule has 0 aliphatic carbocycles. The maximum atomic E-state index is 12.7. The average molecular weight is 447 g/mol. The summed E-state index contributed by atoms with van der Waals surface area (Å²) in [6, 6.07) is 8.39. The zero-order chi connectivity index (χ0) is 21.7. The lowest BCUT2D eigenvalue weighted by Crippen LogP contribution is -2.24. The van der Waals surface area contributed by atoms with E-state index in [4.69, 9.17) is 32.0 Å². The standard InChI is InChI=1S/C21H12Cl2O7/c1-8(24)15(16-18(25)11-4-2-9(22)6-13(11)29-20(16)27)17-19(26)12-5-3-10(23)7-14(12)30-21(17)28/h2-7,15,25-26H,1H3. The lowest BCUT2D eigenvalue weighted by molar-refractivity contribution is -0.117. The van der Waals surface area contributed by atoms with Crippen LogP contribution in [0.4, 0.5) is 0 Å². The van der Waals surface area contributed by atoms with Crippen LogP contribution in [0, 0.1) is 0 Å². The Balaban J connectivity index is 2.08. The number of fused-ring (bicyclic) bond motifs is 2. The Morgan fingerprint density at radius 1 is 0.833 bits per heavy atom. The first-order valence-electron chi connectivity index (χ1n) is 8.60. The minimum Gasteiger partial charge on any atom is -0.507 e. The van der Waals surface area contributed by atoms with Crippen LogP contribution in [0.1, 0.15) is 24.0 Å². The second-order valence-corrected chi connectivity index (χ2v) is 7.50. The molecule has 2 N–H and O–H groups in total. The van der Waals surface area contributed by atoms with Gasteiger partial charge in [-0.1, -0.05) is 23.2 Å². The zero-order valence-electron chi connectivity index (χ0n) is 15.2. The van der Waals surface area contributed by atoms with E-state index in [1.807, 2.05) is 0 Å². The van der Waals surface area contributed by atoms with Gasteiger partial charge in [-0.2, -0.15) is 0 Å². The van der Waals surface area contributed by atoms with Gasteiger partial charge in [0.25, 0.3) is 0 Å². The highest BCUT2D eigenvalue weighted by Crippen LogP contribution is 2.39. The maximum Gasteiger partial charge on any atom is 0.344 e. The van der Waals surface area contributed by atoms with Gasteiger partial charge < -0.3 is 19.0 Å². The zero-order valence-corrected chi connectivity index (χ0v) is 16.7. The smallest absolute Gasteiger partial charge is 0.344 e. The molecule has 0 spiro atoms. The van der Waals surface area contributed by atoms with E-state index in [0.717, 1.165) is 6.92 Å². The molecule has 4 rings (SSSR count). The average Bonchev–Trinajstić information content (AvgIpc) is 2.65. The van der Waals surface area contributed by atoms with Crippen molar-refractivity contribution in [2.24, 2.45) is 0 Å². The lowest BCUT2D eigenvalue weighted by Gasteiger charge is -2.16. The molecular weight excluding hydrogens is 435 g/mol. The van der Waals surface area contributed by atoms with Gasteiger partial charge in [0.15, 0.2) is 0 Å². The largest absolute Gasteiger partial charge is 0.507 e. The predicted molar refractivity (Wildman–Crippen MR) is 111 cm³/mol. The number of rotatable bonds is 3. The van der Waals surface area contributed by atoms with Gasteiger partial charge in [-0.25, -0.2) is 9.59 Å². The van der Waals surface area contributed by atoms with Gasteiger partial charge in [0.1, 0.15) is 28.4 Å². The summed E-state index contributed by atoms with van der Waals surface area (Å²) in [5.41, 5.74) is -3.10. The Hall–Kier alpha value is -3.29. The first-order valence-corrected chi connectivity index (χ1v) is 9.35. The van der Waals surface area contributed by atoms with Gasteiger partial charge >= 0.3 is 11.3 Å². The Bertz CT molecular complexity index is 1360. The van der Waals surface area contributed by atoms with Gasteiger partial charge in [-0.3, -0.25) is 4.79 Å². The van der Waals surface area contributed by atoms with Gasteiger partial charge in [-0.05, 0) is 31.2 Å². The van der Waals surface area contributed by atoms with Crippen LogP contribution < -0.4 is 11.3 Å². The monoisotopic (exact) mass is 446 g/mol. The summed E-state index contributed by atoms with van der Waals surface area (Å²) in [4.78, 5) is 37.8. The van der Waals surface area contributed by atoms with Crippen LogP contribution >= 0.6 is 23.2 Å². The van der Waals surface area contributed by atoms with E-state index in [1.54, 1.807) is 0 Å². The predicted octanol–water partition coefficient (Wildman–Crippen LogP) is 4.34. The molecule has 0 unspecified atom stereocenters. The van der Waals surface area contributed by atoms with Crippen LogP contribution in [0.5, 0.6) is 11.5 Å². The minimum atomic E-state index is -1.63. The van der Waals surface area contributed by atoms with Crippen LogP contribution in [0.15, 0.2) is 54.8 Å². The molecule has 0 amide bonds. The fraction of sp³-hybridized carbons (Fsp3) is 0.0952. The molecule has 2 aromatic heterocycles. The fourth-order valence-electron chi connectivity index (χ4n) is 3.41. The van der Waals surface area contributed by atoms with E-state index in [-0.39, 0.29) is 32.0 Å². The molecule has 0 fully saturated rings. The minimum absolute atomic E-state index is 0.000428. The summed E-state index contributed by atoms with van der Waals surface area (Å²) >= 11 is 11.8. The molecule has 7 nitrogen and oxygen atoms in total. The molecule has 4 aromatic rings. The number of hydrogen-bond acceptors (Lipinski definition) is 7. The first kappa shape index (κ1) is 20.0. The summed E-state index contributed by atoms with van der Waals surface area (Å²) in [5.74, 6) is -3.44. The highest BCUT2D eigenvalue weighted by atomic mass is 35.5. The number of aromatic hydroxyl groups is 2. The van der Waals surface area contributed by atoms with E-state index in [1.165, 1.54) is 36.4 Å². The lowest BCUT2D eigenvalue weighted by atomic mass is 9.87. The number of carbonyl (C=O) groups is 1. The van der Waals surface area contributed by atoms with E-state index in [0.29, 0.717) is 0 Å².